The van der Waals surface area contributed by atoms with Gasteiger partial charge in [-0.05, 0) is 43.9 Å². The second-order valence-electron chi connectivity index (χ2n) is 5.71. The number of nitrogens with one attached hydrogen (secondary N) is 1. The highest BCUT2D eigenvalue weighted by atomic mass is 16.1. The van der Waals surface area contributed by atoms with Crippen LogP contribution in [0.4, 0.5) is 0 Å². The molecule has 1 fully saturated rings. The van der Waals surface area contributed by atoms with Crippen molar-refractivity contribution in [3.05, 3.63) is 35.0 Å². The molecule has 0 amide bonds. The molecule has 1 saturated carbocycles. The predicted octanol–water partition coefficient (Wildman–Crippen LogP) is 2.73. The molecule has 19 heavy (non-hydrogen) atoms. The molecule has 3 heteroatoms. The summed E-state index contributed by atoms with van der Waals surface area (Å²) >= 11 is 0. The Hall–Kier alpha value is -1.61. The number of ketones is 1. The Bertz CT molecular complexity index is 650. The fourth-order valence-electron chi connectivity index (χ4n) is 2.73. The van der Waals surface area contributed by atoms with Gasteiger partial charge in [-0.2, -0.15) is 0 Å². The number of aromatic nitrogens is 1. The van der Waals surface area contributed by atoms with E-state index in [9.17, 15) is 4.79 Å². The minimum atomic E-state index is 0.199. The van der Waals surface area contributed by atoms with Crippen molar-refractivity contribution in [2.45, 2.75) is 32.7 Å². The molecule has 1 aliphatic carbocycles. The van der Waals surface area contributed by atoms with Gasteiger partial charge in [-0.3, -0.25) is 4.79 Å². The molecule has 2 aromatic rings. The van der Waals surface area contributed by atoms with Crippen LogP contribution < -0.4 is 5.32 Å². The van der Waals surface area contributed by atoms with Crippen molar-refractivity contribution < 1.29 is 4.79 Å². The van der Waals surface area contributed by atoms with E-state index in [0.29, 0.717) is 12.6 Å². The van der Waals surface area contributed by atoms with Gasteiger partial charge in [0.25, 0.3) is 0 Å². The van der Waals surface area contributed by atoms with E-state index in [4.69, 9.17) is 0 Å². The summed E-state index contributed by atoms with van der Waals surface area (Å²) in [5.74, 6) is 0.199. The highest BCUT2D eigenvalue weighted by Crippen LogP contribution is 2.26. The van der Waals surface area contributed by atoms with Crippen molar-refractivity contribution in [2.24, 2.45) is 7.05 Å². The maximum absolute atomic E-state index is 12.4. The zero-order valence-electron chi connectivity index (χ0n) is 11.8. The van der Waals surface area contributed by atoms with Gasteiger partial charge in [0.1, 0.15) is 0 Å². The zero-order chi connectivity index (χ0) is 13.6. The maximum Gasteiger partial charge on any atom is 0.178 e. The van der Waals surface area contributed by atoms with Crippen LogP contribution in [0.1, 0.15) is 34.3 Å². The van der Waals surface area contributed by atoms with Gasteiger partial charge in [0.05, 0.1) is 6.54 Å². The van der Waals surface area contributed by atoms with Crippen LogP contribution in [0.2, 0.25) is 0 Å². The zero-order valence-corrected chi connectivity index (χ0v) is 11.8. The second-order valence-corrected chi connectivity index (χ2v) is 5.71. The maximum atomic E-state index is 12.4. The summed E-state index contributed by atoms with van der Waals surface area (Å²) in [6.07, 6.45) is 4.39. The van der Waals surface area contributed by atoms with E-state index in [2.05, 4.69) is 35.9 Å². The molecule has 0 atom stereocenters. The Morgan fingerprint density at radius 1 is 1.37 bits per heavy atom. The Labute approximate surface area is 113 Å². The van der Waals surface area contributed by atoms with Crippen LogP contribution >= 0.6 is 0 Å². The minimum absolute atomic E-state index is 0.199. The van der Waals surface area contributed by atoms with Crippen LogP contribution in [-0.2, 0) is 7.05 Å². The standard InChI is InChI=1S/C16H20N2O/c1-10-6-11(2)16-13(9-18(3)14(16)7-10)15(19)8-17-12-4-5-12/h6-7,9,12,17H,4-5,8H2,1-3H3. The lowest BCUT2D eigenvalue weighted by molar-refractivity contribution is 0.0992. The van der Waals surface area contributed by atoms with Crippen molar-refractivity contribution >= 4 is 16.7 Å². The van der Waals surface area contributed by atoms with Crippen LogP contribution in [-0.4, -0.2) is 22.9 Å². The van der Waals surface area contributed by atoms with Crippen molar-refractivity contribution in [3.8, 4) is 0 Å². The van der Waals surface area contributed by atoms with Gasteiger partial charge >= 0.3 is 0 Å². The predicted molar refractivity (Wildman–Crippen MR) is 77.7 cm³/mol. The van der Waals surface area contributed by atoms with Crippen molar-refractivity contribution in [2.75, 3.05) is 6.54 Å². The average molecular weight is 256 g/mol. The van der Waals surface area contributed by atoms with Gasteiger partial charge in [-0.1, -0.05) is 6.07 Å². The van der Waals surface area contributed by atoms with Crippen LogP contribution in [0.3, 0.4) is 0 Å². The normalized spacial score (nSPS) is 15.1. The van der Waals surface area contributed by atoms with Gasteiger partial charge in [0.2, 0.25) is 0 Å². The number of carbonyl (C=O) groups is 1. The Morgan fingerprint density at radius 3 is 2.79 bits per heavy atom. The molecule has 1 aliphatic rings. The highest BCUT2D eigenvalue weighted by molar-refractivity contribution is 6.10. The molecular weight excluding hydrogens is 236 g/mol. The van der Waals surface area contributed by atoms with E-state index in [1.165, 1.54) is 24.0 Å². The molecule has 0 bridgehead atoms. The first-order valence-electron chi connectivity index (χ1n) is 6.89. The number of Topliss-reactive ketones (excluding diaryl/α,β-unsaturated/α-hetero) is 1. The molecule has 3 nitrogen and oxygen atoms in total. The van der Waals surface area contributed by atoms with E-state index in [-0.39, 0.29) is 5.78 Å². The Morgan fingerprint density at radius 2 is 2.11 bits per heavy atom. The fraction of sp³-hybridized carbons (Fsp3) is 0.438. The first-order chi connectivity index (χ1) is 9.06. The molecule has 0 unspecified atom stereocenters. The number of hydrogen-bond acceptors (Lipinski definition) is 2. The van der Waals surface area contributed by atoms with Gasteiger partial charge < -0.3 is 9.88 Å². The third kappa shape index (κ3) is 2.30. The summed E-state index contributed by atoms with van der Waals surface area (Å²) in [6, 6.07) is 4.86. The number of rotatable bonds is 4. The SMILES string of the molecule is Cc1cc(C)c2c(C(=O)CNC3CC3)cn(C)c2c1. The number of benzene rings is 1. The average Bonchev–Trinajstić information content (AvgIpc) is 3.11. The molecule has 3 rings (SSSR count). The molecule has 0 spiro atoms. The van der Waals surface area contributed by atoms with E-state index >= 15 is 0 Å². The molecular formula is C16H20N2O. The van der Waals surface area contributed by atoms with Crippen LogP contribution in [0.15, 0.2) is 18.3 Å². The molecule has 0 aliphatic heterocycles. The van der Waals surface area contributed by atoms with Gasteiger partial charge in [0.15, 0.2) is 5.78 Å². The number of aryl methyl sites for hydroxylation is 3. The first kappa shape index (κ1) is 12.4. The van der Waals surface area contributed by atoms with E-state index in [1.807, 2.05) is 13.2 Å². The van der Waals surface area contributed by atoms with Crippen LogP contribution in [0.5, 0.6) is 0 Å². The summed E-state index contributed by atoms with van der Waals surface area (Å²) in [7, 11) is 2.01. The smallest absolute Gasteiger partial charge is 0.178 e. The third-order valence-electron chi connectivity index (χ3n) is 3.86. The monoisotopic (exact) mass is 256 g/mol. The van der Waals surface area contributed by atoms with E-state index in [1.54, 1.807) is 0 Å². The lowest BCUT2D eigenvalue weighted by atomic mass is 10.0. The van der Waals surface area contributed by atoms with Crippen LogP contribution in [0, 0.1) is 13.8 Å². The Balaban J connectivity index is 2.00. The Kier molecular flexibility index (Phi) is 2.94. The molecule has 1 aromatic heterocycles. The van der Waals surface area contributed by atoms with Crippen LogP contribution in [0.25, 0.3) is 10.9 Å². The van der Waals surface area contributed by atoms with E-state index in [0.717, 1.165) is 16.5 Å². The molecule has 0 radical (unpaired) electrons. The van der Waals surface area contributed by atoms with Gasteiger partial charge in [0, 0.05) is 35.8 Å². The number of hydrogen-bond donors (Lipinski definition) is 1. The minimum Gasteiger partial charge on any atom is -0.350 e. The molecule has 1 heterocycles. The van der Waals surface area contributed by atoms with Gasteiger partial charge in [-0.15, -0.1) is 0 Å². The first-order valence-corrected chi connectivity index (χ1v) is 6.89. The summed E-state index contributed by atoms with van der Waals surface area (Å²) < 4.78 is 2.06. The quantitative estimate of drug-likeness (QED) is 0.853. The number of carbonyl (C=O) groups excluding carboxylic acids is 1. The second kappa shape index (κ2) is 4.49. The van der Waals surface area contributed by atoms with Gasteiger partial charge in [-0.25, -0.2) is 0 Å². The highest BCUT2D eigenvalue weighted by Gasteiger charge is 2.23. The van der Waals surface area contributed by atoms with Crippen molar-refractivity contribution in [1.82, 2.24) is 9.88 Å². The summed E-state index contributed by atoms with van der Waals surface area (Å²) in [5, 5.41) is 4.41. The molecule has 1 N–H and O–H groups in total. The third-order valence-corrected chi connectivity index (χ3v) is 3.86. The number of fused-ring (bicyclic) bond motifs is 1. The van der Waals surface area contributed by atoms with Crippen molar-refractivity contribution in [1.29, 1.82) is 0 Å². The number of nitrogens with zero attached hydrogens (tertiary/aromatic N) is 1. The van der Waals surface area contributed by atoms with Crippen molar-refractivity contribution in [3.63, 3.8) is 0 Å². The largest absolute Gasteiger partial charge is 0.350 e. The molecule has 1 aromatic carbocycles. The molecule has 100 valence electrons. The summed E-state index contributed by atoms with van der Waals surface area (Å²) in [4.78, 5) is 12.4. The lowest BCUT2D eigenvalue weighted by Gasteiger charge is -2.04. The summed E-state index contributed by atoms with van der Waals surface area (Å²) in [6.45, 7) is 4.63. The van der Waals surface area contributed by atoms with E-state index < -0.39 is 0 Å². The molecule has 0 saturated heterocycles. The lowest BCUT2D eigenvalue weighted by Crippen LogP contribution is -2.24. The topological polar surface area (TPSA) is 34.0 Å². The summed E-state index contributed by atoms with van der Waals surface area (Å²) in [5.41, 5.74) is 4.42. The fourth-order valence-corrected chi connectivity index (χ4v) is 2.73.